The largest absolute Gasteiger partial charge is 0.493 e. The molecule has 19 heavy (non-hydrogen) atoms. The van der Waals surface area contributed by atoms with E-state index in [0.717, 1.165) is 18.7 Å². The highest BCUT2D eigenvalue weighted by Gasteiger charge is 2.27. The van der Waals surface area contributed by atoms with Crippen LogP contribution < -0.4 is 9.47 Å². The summed E-state index contributed by atoms with van der Waals surface area (Å²) in [6, 6.07) is 5.58. The highest BCUT2D eigenvalue weighted by molar-refractivity contribution is 5.67. The van der Waals surface area contributed by atoms with Crippen LogP contribution in [-0.2, 0) is 11.2 Å². The fourth-order valence-electron chi connectivity index (χ4n) is 2.18. The summed E-state index contributed by atoms with van der Waals surface area (Å²) < 4.78 is 11.2. The first-order chi connectivity index (χ1) is 9.10. The van der Waals surface area contributed by atoms with Crippen molar-refractivity contribution in [1.82, 2.24) is 4.90 Å². The SMILES string of the molecule is COc1cccc(CCC(=O)O)c1OC1CN(C)C1. The summed E-state index contributed by atoms with van der Waals surface area (Å²) in [4.78, 5) is 12.9. The van der Waals surface area contributed by atoms with Gasteiger partial charge in [-0.3, -0.25) is 9.69 Å². The number of nitrogens with zero attached hydrogens (tertiary/aromatic N) is 1. The molecule has 1 aliphatic rings. The number of hydrogen-bond donors (Lipinski definition) is 1. The molecule has 0 radical (unpaired) electrons. The summed E-state index contributed by atoms with van der Waals surface area (Å²) in [6.45, 7) is 1.77. The monoisotopic (exact) mass is 265 g/mol. The number of rotatable bonds is 6. The molecule has 0 atom stereocenters. The molecule has 0 aromatic heterocycles. The van der Waals surface area contributed by atoms with Crippen LogP contribution in [0.15, 0.2) is 18.2 Å². The molecule has 1 aliphatic heterocycles. The Morgan fingerprint density at radius 1 is 1.47 bits per heavy atom. The number of aryl methyl sites for hydroxylation is 1. The number of para-hydroxylation sites is 1. The van der Waals surface area contributed by atoms with Gasteiger partial charge in [0, 0.05) is 19.5 Å². The maximum atomic E-state index is 10.7. The number of carboxylic acids is 1. The quantitative estimate of drug-likeness (QED) is 0.842. The Balaban J connectivity index is 2.13. The molecule has 0 spiro atoms. The van der Waals surface area contributed by atoms with Gasteiger partial charge in [0.05, 0.1) is 7.11 Å². The topological polar surface area (TPSA) is 59.0 Å². The number of benzene rings is 1. The second kappa shape index (κ2) is 5.93. The van der Waals surface area contributed by atoms with Crippen LogP contribution in [0.4, 0.5) is 0 Å². The molecule has 0 saturated carbocycles. The normalized spacial score (nSPS) is 15.9. The van der Waals surface area contributed by atoms with E-state index in [9.17, 15) is 4.79 Å². The highest BCUT2D eigenvalue weighted by Crippen LogP contribution is 2.33. The number of carbonyl (C=O) groups is 1. The van der Waals surface area contributed by atoms with E-state index < -0.39 is 5.97 Å². The third-order valence-corrected chi connectivity index (χ3v) is 3.20. The number of carboxylic acid groups (broad SMARTS) is 1. The average Bonchev–Trinajstić information content (AvgIpc) is 2.35. The fraction of sp³-hybridized carbons (Fsp3) is 0.500. The van der Waals surface area contributed by atoms with Crippen molar-refractivity contribution in [2.45, 2.75) is 18.9 Å². The number of methoxy groups -OCH3 is 1. The standard InChI is InChI=1S/C14H19NO4/c1-15-8-11(9-15)19-14-10(6-7-13(16)17)4-3-5-12(14)18-2/h3-5,11H,6-9H2,1-2H3,(H,16,17). The van der Waals surface area contributed by atoms with Crippen molar-refractivity contribution in [3.63, 3.8) is 0 Å². The molecule has 5 heteroatoms. The van der Waals surface area contributed by atoms with Crippen molar-refractivity contribution >= 4 is 5.97 Å². The van der Waals surface area contributed by atoms with E-state index >= 15 is 0 Å². The Kier molecular flexibility index (Phi) is 4.27. The van der Waals surface area contributed by atoms with Crippen LogP contribution in [0.25, 0.3) is 0 Å². The van der Waals surface area contributed by atoms with Gasteiger partial charge >= 0.3 is 5.97 Å². The van der Waals surface area contributed by atoms with Gasteiger partial charge in [0.1, 0.15) is 6.10 Å². The molecule has 1 N–H and O–H groups in total. The lowest BCUT2D eigenvalue weighted by molar-refractivity contribution is -0.136. The fourth-order valence-corrected chi connectivity index (χ4v) is 2.18. The van der Waals surface area contributed by atoms with Crippen molar-refractivity contribution in [3.8, 4) is 11.5 Å². The molecule has 0 aliphatic carbocycles. The van der Waals surface area contributed by atoms with E-state index in [1.54, 1.807) is 7.11 Å². The summed E-state index contributed by atoms with van der Waals surface area (Å²) in [6.07, 6.45) is 0.697. The number of likely N-dealkylation sites (tertiary alicyclic amines) is 1. The molecule has 104 valence electrons. The maximum absolute atomic E-state index is 10.7. The van der Waals surface area contributed by atoms with Gasteiger partial charge in [0.25, 0.3) is 0 Å². The van der Waals surface area contributed by atoms with Crippen molar-refractivity contribution in [3.05, 3.63) is 23.8 Å². The Hall–Kier alpha value is -1.75. The van der Waals surface area contributed by atoms with Crippen LogP contribution in [0.1, 0.15) is 12.0 Å². The molecule has 1 saturated heterocycles. The molecular formula is C14H19NO4. The lowest BCUT2D eigenvalue weighted by atomic mass is 10.1. The number of hydrogen-bond acceptors (Lipinski definition) is 4. The van der Waals surface area contributed by atoms with Gasteiger partial charge in [-0.25, -0.2) is 0 Å². The van der Waals surface area contributed by atoms with Crippen LogP contribution >= 0.6 is 0 Å². The van der Waals surface area contributed by atoms with Gasteiger partial charge in [-0.15, -0.1) is 0 Å². The zero-order chi connectivity index (χ0) is 13.8. The molecule has 1 fully saturated rings. The summed E-state index contributed by atoms with van der Waals surface area (Å²) in [5.41, 5.74) is 0.885. The molecule has 0 unspecified atom stereocenters. The van der Waals surface area contributed by atoms with Crippen LogP contribution in [0.2, 0.25) is 0 Å². The predicted molar refractivity (Wildman–Crippen MR) is 70.9 cm³/mol. The van der Waals surface area contributed by atoms with Gasteiger partial charge in [-0.1, -0.05) is 12.1 Å². The summed E-state index contributed by atoms with van der Waals surface area (Å²) in [7, 11) is 3.63. The Morgan fingerprint density at radius 3 is 2.79 bits per heavy atom. The Morgan fingerprint density at radius 2 is 2.21 bits per heavy atom. The molecule has 1 aromatic rings. The van der Waals surface area contributed by atoms with Crippen LogP contribution in [0.5, 0.6) is 11.5 Å². The van der Waals surface area contributed by atoms with Gasteiger partial charge < -0.3 is 14.6 Å². The summed E-state index contributed by atoms with van der Waals surface area (Å²) in [5, 5.41) is 8.79. The van der Waals surface area contributed by atoms with Gasteiger partial charge in [-0.2, -0.15) is 0 Å². The number of aliphatic carboxylic acids is 1. The second-order valence-electron chi connectivity index (χ2n) is 4.80. The second-order valence-corrected chi connectivity index (χ2v) is 4.80. The minimum Gasteiger partial charge on any atom is -0.493 e. The van der Waals surface area contributed by atoms with Crippen molar-refractivity contribution in [2.24, 2.45) is 0 Å². The van der Waals surface area contributed by atoms with E-state index in [1.807, 2.05) is 25.2 Å². The van der Waals surface area contributed by atoms with E-state index in [4.69, 9.17) is 14.6 Å². The highest BCUT2D eigenvalue weighted by atomic mass is 16.5. The first-order valence-electron chi connectivity index (χ1n) is 6.33. The van der Waals surface area contributed by atoms with E-state index in [-0.39, 0.29) is 12.5 Å². The minimum atomic E-state index is -0.808. The third-order valence-electron chi connectivity index (χ3n) is 3.20. The van der Waals surface area contributed by atoms with Crippen molar-refractivity contribution in [2.75, 3.05) is 27.2 Å². The van der Waals surface area contributed by atoms with E-state index in [1.165, 1.54) is 0 Å². The Labute approximate surface area is 112 Å². The number of likely N-dealkylation sites (N-methyl/N-ethyl adjacent to an activating group) is 1. The first kappa shape index (κ1) is 13.7. The molecular weight excluding hydrogens is 246 g/mol. The molecule has 0 amide bonds. The third kappa shape index (κ3) is 3.38. The van der Waals surface area contributed by atoms with Crippen LogP contribution in [0.3, 0.4) is 0 Å². The zero-order valence-electron chi connectivity index (χ0n) is 11.3. The van der Waals surface area contributed by atoms with E-state index in [2.05, 4.69) is 4.90 Å². The predicted octanol–water partition coefficient (Wildman–Crippen LogP) is 1.41. The van der Waals surface area contributed by atoms with Crippen LogP contribution in [0, 0.1) is 0 Å². The van der Waals surface area contributed by atoms with Crippen molar-refractivity contribution in [1.29, 1.82) is 0 Å². The lowest BCUT2D eigenvalue weighted by Gasteiger charge is -2.36. The Bertz CT molecular complexity index is 455. The summed E-state index contributed by atoms with van der Waals surface area (Å²) in [5.74, 6) is 0.541. The average molecular weight is 265 g/mol. The molecule has 2 rings (SSSR count). The molecule has 5 nitrogen and oxygen atoms in total. The van der Waals surface area contributed by atoms with Gasteiger partial charge in [-0.05, 0) is 25.1 Å². The van der Waals surface area contributed by atoms with Crippen molar-refractivity contribution < 1.29 is 19.4 Å². The van der Waals surface area contributed by atoms with E-state index in [0.29, 0.717) is 17.9 Å². The van der Waals surface area contributed by atoms with Gasteiger partial charge in [0.15, 0.2) is 11.5 Å². The minimum absolute atomic E-state index is 0.0914. The summed E-state index contributed by atoms with van der Waals surface area (Å²) >= 11 is 0. The number of ether oxygens (including phenoxy) is 2. The maximum Gasteiger partial charge on any atom is 0.303 e. The zero-order valence-corrected chi connectivity index (χ0v) is 11.3. The van der Waals surface area contributed by atoms with Gasteiger partial charge in [0.2, 0.25) is 0 Å². The molecule has 0 bridgehead atoms. The smallest absolute Gasteiger partial charge is 0.303 e. The van der Waals surface area contributed by atoms with Crippen LogP contribution in [-0.4, -0.2) is 49.3 Å². The molecule has 1 aromatic carbocycles. The first-order valence-corrected chi connectivity index (χ1v) is 6.33. The lowest BCUT2D eigenvalue weighted by Crippen LogP contribution is -2.51. The molecule has 1 heterocycles.